The molecule has 0 rings (SSSR count). The molecule has 3 nitrogen and oxygen atoms in total. The number of nitrogens with zero attached hydrogens (tertiary/aromatic N) is 2. The fourth-order valence-electron chi connectivity index (χ4n) is 1.23. The number of Topliss-reactive ketones (excluding diaryl/α,β-unsaturated/α-hetero) is 1. The maximum Gasteiger partial charge on any atom is 0.327 e. The summed E-state index contributed by atoms with van der Waals surface area (Å²) in [5.41, 5.74) is 8.95. The first-order valence-corrected chi connectivity index (χ1v) is 5.17. The van der Waals surface area contributed by atoms with Gasteiger partial charge in [0.25, 0.3) is 5.78 Å². The Morgan fingerprint density at radius 1 is 1.36 bits per heavy atom. The Morgan fingerprint density at radius 2 is 2.07 bits per heavy atom. The van der Waals surface area contributed by atoms with E-state index < -0.39 is 0 Å². The molecule has 0 aromatic rings. The predicted octanol–water partition coefficient (Wildman–Crippen LogP) is 2.77. The van der Waals surface area contributed by atoms with Crippen LogP contribution in [0.15, 0.2) is 11.6 Å². The average Bonchev–Trinajstić information content (AvgIpc) is 2.18. The monoisotopic (exact) mass is 194 g/mol. The minimum absolute atomic E-state index is 0.188. The zero-order valence-corrected chi connectivity index (χ0v) is 8.99. The molecule has 78 valence electrons. The van der Waals surface area contributed by atoms with Gasteiger partial charge in [0.2, 0.25) is 0 Å². The first-order valence-electron chi connectivity index (χ1n) is 5.17. The number of carbonyl (C=O) groups is 1. The van der Waals surface area contributed by atoms with Crippen LogP contribution >= 0.6 is 0 Å². The number of carbonyl (C=O) groups excluding carboxylic acids is 1. The van der Waals surface area contributed by atoms with Crippen molar-refractivity contribution in [1.82, 2.24) is 0 Å². The smallest absolute Gasteiger partial charge is 0.327 e. The van der Waals surface area contributed by atoms with Gasteiger partial charge in [-0.25, -0.2) is 0 Å². The zero-order valence-electron chi connectivity index (χ0n) is 8.99. The molecule has 0 spiro atoms. The lowest BCUT2D eigenvalue weighted by atomic mass is 10.1. The highest BCUT2D eigenvalue weighted by Gasteiger charge is 2.07. The number of ketones is 1. The van der Waals surface area contributed by atoms with Gasteiger partial charge >= 0.3 is 6.21 Å². The first-order chi connectivity index (χ1) is 6.76. The Labute approximate surface area is 85.4 Å². The van der Waals surface area contributed by atoms with E-state index in [2.05, 4.69) is 11.7 Å². The third-order valence-electron chi connectivity index (χ3n) is 2.07. The number of hydrogen-bond acceptors (Lipinski definition) is 1. The van der Waals surface area contributed by atoms with E-state index in [4.69, 9.17) is 5.53 Å². The molecule has 0 atom stereocenters. The van der Waals surface area contributed by atoms with Crippen LogP contribution in [0.1, 0.15) is 46.0 Å². The van der Waals surface area contributed by atoms with Crippen LogP contribution < -0.4 is 0 Å². The topological polar surface area (TPSA) is 53.5 Å². The van der Waals surface area contributed by atoms with Gasteiger partial charge in [-0.1, -0.05) is 32.8 Å². The van der Waals surface area contributed by atoms with Gasteiger partial charge in [-0.2, -0.15) is 4.79 Å². The summed E-state index contributed by atoms with van der Waals surface area (Å²) < 4.78 is 0. The molecule has 0 amide bonds. The Hall–Kier alpha value is -1.21. The van der Waals surface area contributed by atoms with E-state index in [0.29, 0.717) is 6.42 Å². The SMILES string of the molecule is CCCCC/C=C(/CC)C(=O)C=[N+]=[N-]. The Balaban J connectivity index is 4.11. The molecule has 0 aliphatic carbocycles. The van der Waals surface area contributed by atoms with Crippen molar-refractivity contribution in [3.8, 4) is 0 Å². The van der Waals surface area contributed by atoms with Crippen LogP contribution in [0.5, 0.6) is 0 Å². The van der Waals surface area contributed by atoms with Gasteiger partial charge in [-0.3, -0.25) is 4.79 Å². The van der Waals surface area contributed by atoms with Crippen molar-refractivity contribution < 1.29 is 9.58 Å². The van der Waals surface area contributed by atoms with E-state index in [1.807, 2.05) is 13.0 Å². The van der Waals surface area contributed by atoms with E-state index in [1.54, 1.807) is 0 Å². The van der Waals surface area contributed by atoms with E-state index >= 15 is 0 Å². The lowest BCUT2D eigenvalue weighted by molar-refractivity contribution is -0.112. The second-order valence-electron chi connectivity index (χ2n) is 3.19. The molecule has 0 bridgehead atoms. The third-order valence-corrected chi connectivity index (χ3v) is 2.07. The number of hydrogen-bond donors (Lipinski definition) is 0. The van der Waals surface area contributed by atoms with Crippen LogP contribution in [-0.4, -0.2) is 16.8 Å². The molecule has 0 unspecified atom stereocenters. The number of unbranched alkanes of at least 4 members (excludes halogenated alkanes) is 3. The molecule has 0 aromatic carbocycles. The maximum atomic E-state index is 11.3. The second kappa shape index (κ2) is 8.39. The molecular formula is C11H18N2O. The average molecular weight is 194 g/mol. The van der Waals surface area contributed by atoms with Crippen LogP contribution in [-0.2, 0) is 4.79 Å². The summed E-state index contributed by atoms with van der Waals surface area (Å²) in [5, 5.41) is 0. The van der Waals surface area contributed by atoms with Crippen molar-refractivity contribution in [2.24, 2.45) is 0 Å². The summed E-state index contributed by atoms with van der Waals surface area (Å²) in [6.07, 6.45) is 8.01. The van der Waals surface area contributed by atoms with Crippen molar-refractivity contribution in [3.05, 3.63) is 17.2 Å². The van der Waals surface area contributed by atoms with Gasteiger partial charge in [0, 0.05) is 5.57 Å². The Kier molecular flexibility index (Phi) is 7.67. The number of rotatable bonds is 7. The Morgan fingerprint density at radius 3 is 2.57 bits per heavy atom. The van der Waals surface area contributed by atoms with E-state index in [0.717, 1.165) is 24.6 Å². The summed E-state index contributed by atoms with van der Waals surface area (Å²) in [6, 6.07) is 0. The van der Waals surface area contributed by atoms with Crippen molar-refractivity contribution in [2.75, 3.05) is 0 Å². The largest absolute Gasteiger partial charge is 0.361 e. The first kappa shape index (κ1) is 12.8. The number of allylic oxidation sites excluding steroid dienone is 2. The Bertz CT molecular complexity index is 250. The summed E-state index contributed by atoms with van der Waals surface area (Å²) >= 11 is 0. The van der Waals surface area contributed by atoms with E-state index in [-0.39, 0.29) is 5.78 Å². The van der Waals surface area contributed by atoms with Crippen LogP contribution in [0.2, 0.25) is 0 Å². The normalized spacial score (nSPS) is 10.9. The van der Waals surface area contributed by atoms with Gasteiger partial charge in [0.15, 0.2) is 0 Å². The second-order valence-corrected chi connectivity index (χ2v) is 3.19. The standard InChI is InChI=1S/C11H18N2O/c1-3-5-6-7-8-10(4-2)11(14)9-13-12/h8-9H,3-7H2,1-2H3/b10-8-. The van der Waals surface area contributed by atoms with Crippen molar-refractivity contribution >= 4 is 12.0 Å². The molecule has 0 aromatic heterocycles. The molecular weight excluding hydrogens is 176 g/mol. The molecule has 14 heavy (non-hydrogen) atoms. The highest BCUT2D eigenvalue weighted by atomic mass is 16.1. The summed E-state index contributed by atoms with van der Waals surface area (Å²) in [7, 11) is 0. The molecule has 0 saturated carbocycles. The molecule has 0 fully saturated rings. The minimum atomic E-state index is -0.188. The highest BCUT2D eigenvalue weighted by Crippen LogP contribution is 2.06. The maximum absolute atomic E-state index is 11.3. The zero-order chi connectivity index (χ0) is 10.8. The molecule has 0 aliphatic heterocycles. The van der Waals surface area contributed by atoms with Gasteiger partial charge in [0.05, 0.1) is 0 Å². The molecule has 0 heterocycles. The van der Waals surface area contributed by atoms with Crippen LogP contribution in [0, 0.1) is 0 Å². The molecule has 0 aliphatic rings. The minimum Gasteiger partial charge on any atom is -0.361 e. The van der Waals surface area contributed by atoms with E-state index in [1.165, 1.54) is 12.8 Å². The van der Waals surface area contributed by atoms with Gasteiger partial charge in [0.1, 0.15) is 0 Å². The summed E-state index contributed by atoms with van der Waals surface area (Å²) in [5.74, 6) is -0.188. The molecule has 0 N–H and O–H groups in total. The fourth-order valence-corrected chi connectivity index (χ4v) is 1.23. The lowest BCUT2D eigenvalue weighted by Gasteiger charge is -1.97. The van der Waals surface area contributed by atoms with E-state index in [9.17, 15) is 4.79 Å². The van der Waals surface area contributed by atoms with Crippen LogP contribution in [0.3, 0.4) is 0 Å². The van der Waals surface area contributed by atoms with Gasteiger partial charge in [-0.15, -0.1) is 0 Å². The fraction of sp³-hybridized carbons (Fsp3) is 0.636. The quantitative estimate of drug-likeness (QED) is 0.202. The molecule has 3 heteroatoms. The van der Waals surface area contributed by atoms with Crippen molar-refractivity contribution in [1.29, 1.82) is 0 Å². The van der Waals surface area contributed by atoms with Crippen molar-refractivity contribution in [3.63, 3.8) is 0 Å². The summed E-state index contributed by atoms with van der Waals surface area (Å²) in [4.78, 5) is 14.0. The van der Waals surface area contributed by atoms with Crippen LogP contribution in [0.25, 0.3) is 5.53 Å². The summed E-state index contributed by atoms with van der Waals surface area (Å²) in [6.45, 7) is 4.07. The molecule has 0 saturated heterocycles. The highest BCUT2D eigenvalue weighted by molar-refractivity contribution is 6.33. The van der Waals surface area contributed by atoms with Crippen LogP contribution in [0.4, 0.5) is 0 Å². The van der Waals surface area contributed by atoms with Gasteiger partial charge in [-0.05, 0) is 19.3 Å². The van der Waals surface area contributed by atoms with Crippen molar-refractivity contribution in [2.45, 2.75) is 46.0 Å². The van der Waals surface area contributed by atoms with Gasteiger partial charge < -0.3 is 5.53 Å². The molecule has 0 radical (unpaired) electrons. The predicted molar refractivity (Wildman–Crippen MR) is 57.2 cm³/mol. The third kappa shape index (κ3) is 5.44. The lowest BCUT2D eigenvalue weighted by Crippen LogP contribution is -2.03.